The number of ether oxygens (including phenoxy) is 2. The third-order valence-corrected chi connectivity index (χ3v) is 4.58. The summed E-state index contributed by atoms with van der Waals surface area (Å²) < 4.78 is 10.4. The number of aliphatic hydroxyl groups is 1. The molecule has 1 atom stereocenters. The molecule has 0 saturated carbocycles. The third kappa shape index (κ3) is 7.23. The van der Waals surface area contributed by atoms with E-state index in [0.29, 0.717) is 18.5 Å². The van der Waals surface area contributed by atoms with Crippen molar-refractivity contribution in [2.45, 2.75) is 52.2 Å². The van der Waals surface area contributed by atoms with E-state index in [0.717, 1.165) is 16.3 Å². The van der Waals surface area contributed by atoms with E-state index in [-0.39, 0.29) is 12.6 Å². The first-order valence-corrected chi connectivity index (χ1v) is 9.63. The monoisotopic (exact) mass is 399 g/mol. The summed E-state index contributed by atoms with van der Waals surface area (Å²) in [6.45, 7) is 6.69. The van der Waals surface area contributed by atoms with Crippen LogP contribution in [-0.4, -0.2) is 35.5 Å². The summed E-state index contributed by atoms with van der Waals surface area (Å²) in [4.78, 5) is 23.3. The Morgan fingerprint density at radius 3 is 2.52 bits per heavy atom. The van der Waals surface area contributed by atoms with E-state index in [1.165, 1.54) is 6.92 Å². The van der Waals surface area contributed by atoms with Crippen molar-refractivity contribution in [3.05, 3.63) is 54.1 Å². The number of carbonyl (C=O) groups is 2. The van der Waals surface area contributed by atoms with E-state index < -0.39 is 17.8 Å². The van der Waals surface area contributed by atoms with Crippen LogP contribution in [0.5, 0.6) is 0 Å². The zero-order valence-corrected chi connectivity index (χ0v) is 17.4. The minimum Gasteiger partial charge on any atom is -0.462 e. The Bertz CT molecular complexity index is 877. The van der Waals surface area contributed by atoms with Crippen LogP contribution in [0.3, 0.4) is 0 Å². The molecule has 0 saturated heterocycles. The molecule has 6 heteroatoms. The lowest BCUT2D eigenvalue weighted by atomic mass is 9.95. The van der Waals surface area contributed by atoms with Gasteiger partial charge in [-0.25, -0.2) is 4.79 Å². The normalized spacial score (nSPS) is 13.1. The van der Waals surface area contributed by atoms with Gasteiger partial charge in [0.2, 0.25) is 0 Å². The average molecular weight is 399 g/mol. The molecule has 2 aromatic carbocycles. The average Bonchev–Trinajstić information content (AvgIpc) is 2.64. The van der Waals surface area contributed by atoms with Gasteiger partial charge in [0.15, 0.2) is 0 Å². The first kappa shape index (κ1) is 22.4. The summed E-state index contributed by atoms with van der Waals surface area (Å²) in [5.41, 5.74) is 0.435. The fourth-order valence-corrected chi connectivity index (χ4v) is 2.92. The Kier molecular flexibility index (Phi) is 7.79. The van der Waals surface area contributed by atoms with Crippen molar-refractivity contribution in [3.8, 4) is 0 Å². The highest BCUT2D eigenvalue weighted by molar-refractivity contribution is 6.00. The molecule has 1 amide bonds. The molecule has 0 spiro atoms. The van der Waals surface area contributed by atoms with Crippen molar-refractivity contribution in [2.24, 2.45) is 0 Å². The number of benzene rings is 2. The Balaban J connectivity index is 2.00. The lowest BCUT2D eigenvalue weighted by Crippen LogP contribution is -2.40. The lowest BCUT2D eigenvalue weighted by Gasteiger charge is -2.29. The molecule has 0 aliphatic rings. The molecule has 156 valence electrons. The van der Waals surface area contributed by atoms with E-state index in [4.69, 9.17) is 9.47 Å². The van der Waals surface area contributed by atoms with Gasteiger partial charge in [0.05, 0.1) is 11.3 Å². The number of hydrogen-bond acceptors (Lipinski definition) is 5. The number of nitrogens with one attached hydrogen (secondary N) is 1. The van der Waals surface area contributed by atoms with Gasteiger partial charge in [-0.2, -0.15) is 0 Å². The van der Waals surface area contributed by atoms with Crippen molar-refractivity contribution in [1.82, 2.24) is 0 Å². The fourth-order valence-electron chi connectivity index (χ4n) is 2.92. The predicted octanol–water partition coefficient (Wildman–Crippen LogP) is 4.82. The number of amides is 1. The van der Waals surface area contributed by atoms with E-state index in [1.807, 2.05) is 49.4 Å². The van der Waals surface area contributed by atoms with E-state index in [2.05, 4.69) is 5.32 Å². The summed E-state index contributed by atoms with van der Waals surface area (Å²) in [7, 11) is 0. The quantitative estimate of drug-likeness (QED) is 0.491. The summed E-state index contributed by atoms with van der Waals surface area (Å²) >= 11 is 0. The minimum absolute atomic E-state index is 0.205. The van der Waals surface area contributed by atoms with Gasteiger partial charge in [-0.1, -0.05) is 42.0 Å². The smallest absolute Gasteiger partial charge is 0.412 e. The van der Waals surface area contributed by atoms with Gasteiger partial charge in [-0.05, 0) is 51.1 Å². The number of carbonyl (C=O) groups excluding carboxylic acids is 2. The standard InChI is InChI=1S/C23H29NO5/c1-16(14-15-28-17(2)25)12-13-21(23(3,4)27)29-22(26)24-20-11-7-9-18-8-5-6-10-19(18)20/h5-11,14,21,27H,12-13,15H2,1-4H3,(H,24,26)/b16-14+/t21-/m1/s1. The van der Waals surface area contributed by atoms with Crippen molar-refractivity contribution >= 4 is 28.5 Å². The highest BCUT2D eigenvalue weighted by atomic mass is 16.6. The van der Waals surface area contributed by atoms with Crippen molar-refractivity contribution in [3.63, 3.8) is 0 Å². The number of anilines is 1. The van der Waals surface area contributed by atoms with E-state index >= 15 is 0 Å². The summed E-state index contributed by atoms with van der Waals surface area (Å²) in [6, 6.07) is 13.4. The highest BCUT2D eigenvalue weighted by Crippen LogP contribution is 2.25. The summed E-state index contributed by atoms with van der Waals surface area (Å²) in [5, 5.41) is 15.1. The molecule has 0 bridgehead atoms. The van der Waals surface area contributed by atoms with E-state index in [9.17, 15) is 14.7 Å². The number of rotatable bonds is 8. The second-order valence-corrected chi connectivity index (χ2v) is 7.59. The van der Waals surface area contributed by atoms with Crippen LogP contribution >= 0.6 is 0 Å². The maximum absolute atomic E-state index is 12.5. The van der Waals surface area contributed by atoms with Crippen LogP contribution in [0, 0.1) is 0 Å². The number of esters is 1. The first-order chi connectivity index (χ1) is 13.7. The van der Waals surface area contributed by atoms with Gasteiger partial charge in [-0.15, -0.1) is 0 Å². The maximum atomic E-state index is 12.5. The van der Waals surface area contributed by atoms with Crippen molar-refractivity contribution in [1.29, 1.82) is 0 Å². The predicted molar refractivity (Wildman–Crippen MR) is 114 cm³/mol. The number of hydrogen-bond donors (Lipinski definition) is 2. The Hall–Kier alpha value is -2.86. The third-order valence-electron chi connectivity index (χ3n) is 4.58. The molecule has 29 heavy (non-hydrogen) atoms. The molecule has 2 aromatic rings. The summed E-state index contributed by atoms with van der Waals surface area (Å²) in [5.74, 6) is -0.336. The van der Waals surface area contributed by atoms with Crippen molar-refractivity contribution in [2.75, 3.05) is 11.9 Å². The zero-order chi connectivity index (χ0) is 21.4. The van der Waals surface area contributed by atoms with Crippen LogP contribution in [-0.2, 0) is 14.3 Å². The molecule has 0 unspecified atom stereocenters. The molecule has 6 nitrogen and oxygen atoms in total. The molecule has 2 N–H and O–H groups in total. The number of allylic oxidation sites excluding steroid dienone is 1. The van der Waals surface area contributed by atoms with Crippen LogP contribution in [0.15, 0.2) is 54.1 Å². The molecule has 2 rings (SSSR count). The summed E-state index contributed by atoms with van der Waals surface area (Å²) in [6.07, 6.45) is 1.52. The van der Waals surface area contributed by atoms with Crippen LogP contribution in [0.1, 0.15) is 40.5 Å². The Morgan fingerprint density at radius 1 is 1.14 bits per heavy atom. The molecule has 0 aliphatic carbocycles. The maximum Gasteiger partial charge on any atom is 0.412 e. The van der Waals surface area contributed by atoms with Gasteiger partial charge in [-0.3, -0.25) is 10.1 Å². The largest absolute Gasteiger partial charge is 0.462 e. The topological polar surface area (TPSA) is 84.9 Å². The lowest BCUT2D eigenvalue weighted by molar-refractivity contribution is -0.139. The first-order valence-electron chi connectivity index (χ1n) is 9.63. The molecular formula is C23H29NO5. The van der Waals surface area contributed by atoms with Gasteiger partial charge in [0.1, 0.15) is 12.7 Å². The minimum atomic E-state index is -1.20. The van der Waals surface area contributed by atoms with Gasteiger partial charge in [0.25, 0.3) is 0 Å². The Labute approximate surface area is 171 Å². The second-order valence-electron chi connectivity index (χ2n) is 7.59. The second kappa shape index (κ2) is 10.1. The zero-order valence-electron chi connectivity index (χ0n) is 17.4. The highest BCUT2D eigenvalue weighted by Gasteiger charge is 2.30. The fraction of sp³-hybridized carbons (Fsp3) is 0.391. The molecule has 0 aliphatic heterocycles. The van der Waals surface area contributed by atoms with Crippen molar-refractivity contribution < 1.29 is 24.2 Å². The van der Waals surface area contributed by atoms with Crippen LogP contribution in [0.2, 0.25) is 0 Å². The van der Waals surface area contributed by atoms with E-state index in [1.54, 1.807) is 19.9 Å². The molecule has 0 radical (unpaired) electrons. The van der Waals surface area contributed by atoms with Gasteiger partial charge in [0, 0.05) is 12.3 Å². The molecular weight excluding hydrogens is 370 g/mol. The van der Waals surface area contributed by atoms with Crippen LogP contribution in [0.25, 0.3) is 10.8 Å². The SMILES string of the molecule is CC(=O)OC/C=C(\C)CC[C@@H](OC(=O)Nc1cccc2ccccc12)C(C)(C)O. The molecule has 0 aromatic heterocycles. The van der Waals surface area contributed by atoms with Gasteiger partial charge < -0.3 is 14.6 Å². The van der Waals surface area contributed by atoms with Crippen LogP contribution < -0.4 is 5.32 Å². The van der Waals surface area contributed by atoms with Crippen LogP contribution in [0.4, 0.5) is 10.5 Å². The molecule has 0 heterocycles. The Morgan fingerprint density at radius 2 is 1.83 bits per heavy atom. The number of fused-ring (bicyclic) bond motifs is 1. The van der Waals surface area contributed by atoms with Gasteiger partial charge >= 0.3 is 12.1 Å². The molecule has 0 fully saturated rings.